The van der Waals surface area contributed by atoms with Crippen LogP contribution in [0.2, 0.25) is 0 Å². The van der Waals surface area contributed by atoms with Gasteiger partial charge in [0, 0.05) is 5.92 Å². The zero-order valence-electron chi connectivity index (χ0n) is 11.7. The van der Waals surface area contributed by atoms with Crippen molar-refractivity contribution in [2.75, 3.05) is 0 Å². The van der Waals surface area contributed by atoms with Crippen molar-refractivity contribution in [1.29, 1.82) is 5.26 Å². The SMILES string of the molecule is CCCCC1CCC(C(=O)NC(C#N)CC)CC1. The van der Waals surface area contributed by atoms with Gasteiger partial charge in [0.15, 0.2) is 0 Å². The summed E-state index contributed by atoms with van der Waals surface area (Å²) in [5.74, 6) is 1.06. The highest BCUT2D eigenvalue weighted by Crippen LogP contribution is 2.32. The normalized spacial score (nSPS) is 25.2. The summed E-state index contributed by atoms with van der Waals surface area (Å²) in [4.78, 5) is 12.0. The molecule has 0 spiro atoms. The molecule has 1 aliphatic carbocycles. The predicted molar refractivity (Wildman–Crippen MR) is 72.8 cm³/mol. The van der Waals surface area contributed by atoms with Crippen LogP contribution in [0.5, 0.6) is 0 Å². The van der Waals surface area contributed by atoms with E-state index in [1.54, 1.807) is 0 Å². The molecule has 0 aromatic rings. The fraction of sp³-hybridized carbons (Fsp3) is 0.867. The van der Waals surface area contributed by atoms with Crippen molar-refractivity contribution < 1.29 is 4.79 Å². The van der Waals surface area contributed by atoms with Crippen LogP contribution >= 0.6 is 0 Å². The van der Waals surface area contributed by atoms with E-state index in [1.807, 2.05) is 6.92 Å². The Bertz CT molecular complexity index is 287. The fourth-order valence-electron chi connectivity index (χ4n) is 2.72. The molecule has 1 N–H and O–H groups in total. The molecule has 0 saturated heterocycles. The highest BCUT2D eigenvalue weighted by atomic mass is 16.1. The smallest absolute Gasteiger partial charge is 0.224 e. The Balaban J connectivity index is 2.29. The van der Waals surface area contributed by atoms with Crippen molar-refractivity contribution in [3.05, 3.63) is 0 Å². The van der Waals surface area contributed by atoms with Crippen molar-refractivity contribution in [1.82, 2.24) is 5.32 Å². The van der Waals surface area contributed by atoms with Crippen LogP contribution in [-0.4, -0.2) is 11.9 Å². The molecule has 1 aliphatic rings. The van der Waals surface area contributed by atoms with E-state index in [0.717, 1.165) is 18.8 Å². The molecule has 3 heteroatoms. The van der Waals surface area contributed by atoms with Crippen LogP contribution < -0.4 is 5.32 Å². The van der Waals surface area contributed by atoms with E-state index < -0.39 is 0 Å². The van der Waals surface area contributed by atoms with E-state index in [1.165, 1.54) is 32.1 Å². The quantitative estimate of drug-likeness (QED) is 0.785. The lowest BCUT2D eigenvalue weighted by atomic mass is 9.79. The summed E-state index contributed by atoms with van der Waals surface area (Å²) in [6, 6.07) is 1.82. The largest absolute Gasteiger partial charge is 0.340 e. The number of unbranched alkanes of at least 4 members (excludes halogenated alkanes) is 1. The second-order valence-electron chi connectivity index (χ2n) is 5.46. The number of carbonyl (C=O) groups is 1. The summed E-state index contributed by atoms with van der Waals surface area (Å²) in [7, 11) is 0. The van der Waals surface area contributed by atoms with Crippen LogP contribution in [-0.2, 0) is 4.79 Å². The Kier molecular flexibility index (Phi) is 6.78. The van der Waals surface area contributed by atoms with Gasteiger partial charge in [-0.2, -0.15) is 5.26 Å². The van der Waals surface area contributed by atoms with E-state index in [2.05, 4.69) is 18.3 Å². The van der Waals surface area contributed by atoms with Gasteiger partial charge in [-0.05, 0) is 38.0 Å². The van der Waals surface area contributed by atoms with Crippen LogP contribution in [0.15, 0.2) is 0 Å². The first-order valence-electron chi connectivity index (χ1n) is 7.41. The third kappa shape index (κ3) is 4.68. The summed E-state index contributed by atoms with van der Waals surface area (Å²) in [5.41, 5.74) is 0. The molecular weight excluding hydrogens is 224 g/mol. The molecule has 3 nitrogen and oxygen atoms in total. The second kappa shape index (κ2) is 8.13. The van der Waals surface area contributed by atoms with Gasteiger partial charge >= 0.3 is 0 Å². The second-order valence-corrected chi connectivity index (χ2v) is 5.46. The average molecular weight is 250 g/mol. The summed E-state index contributed by atoms with van der Waals surface area (Å²) >= 11 is 0. The maximum atomic E-state index is 12.0. The molecule has 18 heavy (non-hydrogen) atoms. The van der Waals surface area contributed by atoms with Crippen LogP contribution in [0.25, 0.3) is 0 Å². The molecule has 0 bridgehead atoms. The molecule has 0 aliphatic heterocycles. The first kappa shape index (κ1) is 15.0. The summed E-state index contributed by atoms with van der Waals surface area (Å²) in [6.07, 6.45) is 8.95. The zero-order valence-corrected chi connectivity index (χ0v) is 11.7. The Labute approximate surface area is 111 Å². The molecule has 1 amide bonds. The minimum absolute atomic E-state index is 0.0948. The number of amides is 1. The highest BCUT2D eigenvalue weighted by Gasteiger charge is 2.26. The minimum Gasteiger partial charge on any atom is -0.340 e. The highest BCUT2D eigenvalue weighted by molar-refractivity contribution is 5.79. The standard InChI is InChI=1S/C15H26N2O/c1-3-5-6-12-7-9-13(10-8-12)15(18)17-14(4-2)11-16/h12-14H,3-10H2,1-2H3,(H,17,18). The van der Waals surface area contributed by atoms with Crippen molar-refractivity contribution >= 4 is 5.91 Å². The van der Waals surface area contributed by atoms with E-state index in [4.69, 9.17) is 5.26 Å². The summed E-state index contributed by atoms with van der Waals surface area (Å²) in [6.45, 7) is 4.15. The third-order valence-corrected chi connectivity index (χ3v) is 4.06. The first-order valence-corrected chi connectivity index (χ1v) is 7.41. The maximum absolute atomic E-state index is 12.0. The van der Waals surface area contributed by atoms with Crippen molar-refractivity contribution in [2.45, 2.75) is 71.3 Å². The molecule has 0 aromatic carbocycles. The zero-order chi connectivity index (χ0) is 13.4. The van der Waals surface area contributed by atoms with E-state index in [9.17, 15) is 4.79 Å². The molecular formula is C15H26N2O. The molecule has 1 fully saturated rings. The van der Waals surface area contributed by atoms with Crippen molar-refractivity contribution in [3.8, 4) is 6.07 Å². The topological polar surface area (TPSA) is 52.9 Å². The molecule has 1 saturated carbocycles. The van der Waals surface area contributed by atoms with Gasteiger partial charge in [0.1, 0.15) is 6.04 Å². The van der Waals surface area contributed by atoms with Gasteiger partial charge in [0.25, 0.3) is 0 Å². The molecule has 0 heterocycles. The fourth-order valence-corrected chi connectivity index (χ4v) is 2.72. The molecule has 1 rings (SSSR count). The van der Waals surface area contributed by atoms with Gasteiger partial charge in [-0.15, -0.1) is 0 Å². The molecule has 1 atom stereocenters. The number of nitrogens with one attached hydrogen (secondary N) is 1. The summed E-state index contributed by atoms with van der Waals surface area (Å²) < 4.78 is 0. The number of rotatable bonds is 6. The number of carbonyl (C=O) groups excluding carboxylic acids is 1. The van der Waals surface area contributed by atoms with Crippen LogP contribution in [0, 0.1) is 23.2 Å². The number of nitrogens with zero attached hydrogens (tertiary/aromatic N) is 1. The Morgan fingerprint density at radius 3 is 2.50 bits per heavy atom. The Hall–Kier alpha value is -1.04. The first-order chi connectivity index (χ1) is 8.71. The molecule has 102 valence electrons. The van der Waals surface area contributed by atoms with Crippen LogP contribution in [0.4, 0.5) is 0 Å². The number of hydrogen-bond donors (Lipinski definition) is 1. The molecule has 0 radical (unpaired) electrons. The van der Waals surface area contributed by atoms with E-state index >= 15 is 0 Å². The van der Waals surface area contributed by atoms with E-state index in [-0.39, 0.29) is 17.9 Å². The Morgan fingerprint density at radius 1 is 1.33 bits per heavy atom. The van der Waals surface area contributed by atoms with Gasteiger partial charge < -0.3 is 5.32 Å². The molecule has 0 aromatic heterocycles. The summed E-state index contributed by atoms with van der Waals surface area (Å²) in [5, 5.41) is 11.7. The van der Waals surface area contributed by atoms with Crippen molar-refractivity contribution in [2.24, 2.45) is 11.8 Å². The third-order valence-electron chi connectivity index (χ3n) is 4.06. The monoisotopic (exact) mass is 250 g/mol. The Morgan fingerprint density at radius 2 is 2.00 bits per heavy atom. The van der Waals surface area contributed by atoms with Crippen LogP contribution in [0.1, 0.15) is 65.2 Å². The molecule has 1 unspecified atom stereocenters. The number of hydrogen-bond acceptors (Lipinski definition) is 2. The van der Waals surface area contributed by atoms with Crippen LogP contribution in [0.3, 0.4) is 0 Å². The lowest BCUT2D eigenvalue weighted by Gasteiger charge is -2.28. The van der Waals surface area contributed by atoms with Gasteiger partial charge in [-0.1, -0.05) is 33.1 Å². The average Bonchev–Trinajstić information content (AvgIpc) is 2.42. The predicted octanol–water partition coefficient (Wildman–Crippen LogP) is 3.40. The van der Waals surface area contributed by atoms with E-state index in [0.29, 0.717) is 6.42 Å². The maximum Gasteiger partial charge on any atom is 0.224 e. The minimum atomic E-state index is -0.310. The van der Waals surface area contributed by atoms with Gasteiger partial charge in [0.2, 0.25) is 5.91 Å². The van der Waals surface area contributed by atoms with Gasteiger partial charge in [-0.3, -0.25) is 4.79 Å². The lowest BCUT2D eigenvalue weighted by molar-refractivity contribution is -0.126. The van der Waals surface area contributed by atoms with Gasteiger partial charge in [0.05, 0.1) is 6.07 Å². The number of nitriles is 1. The van der Waals surface area contributed by atoms with Crippen molar-refractivity contribution in [3.63, 3.8) is 0 Å². The lowest BCUT2D eigenvalue weighted by Crippen LogP contribution is -2.39. The van der Waals surface area contributed by atoms with Gasteiger partial charge in [-0.25, -0.2) is 0 Å².